The van der Waals surface area contributed by atoms with Crippen molar-refractivity contribution in [1.29, 1.82) is 0 Å². The van der Waals surface area contributed by atoms with E-state index in [0.717, 1.165) is 37.1 Å². The number of carbonyl (C=O) groups is 2. The number of benzene rings is 1. The summed E-state index contributed by atoms with van der Waals surface area (Å²) in [7, 11) is 0. The monoisotopic (exact) mass is 383 g/mol. The SMILES string of the molecule is O=C1C(=O)N(C2CCCCC2)C(=S)N1/N=C/c1c(Cl)cccc1Cl. The fourth-order valence-electron chi connectivity index (χ4n) is 2.98. The van der Waals surface area contributed by atoms with E-state index < -0.39 is 11.8 Å². The fraction of sp³-hybridized carbons (Fsp3) is 0.375. The topological polar surface area (TPSA) is 53.0 Å². The highest BCUT2D eigenvalue weighted by Gasteiger charge is 2.45. The number of rotatable bonds is 3. The molecule has 0 atom stereocenters. The molecule has 8 heteroatoms. The summed E-state index contributed by atoms with van der Waals surface area (Å²) in [6, 6.07) is 5.02. The molecular formula is C16H15Cl2N3O2S. The summed E-state index contributed by atoms with van der Waals surface area (Å²) in [5.41, 5.74) is 0.472. The predicted octanol–water partition coefficient (Wildman–Crippen LogP) is 3.62. The van der Waals surface area contributed by atoms with Crippen molar-refractivity contribution in [3.05, 3.63) is 33.8 Å². The number of halogens is 2. The number of nitrogens with zero attached hydrogens (tertiary/aromatic N) is 3. The highest BCUT2D eigenvalue weighted by atomic mass is 35.5. The van der Waals surface area contributed by atoms with Crippen LogP contribution in [0.4, 0.5) is 0 Å². The Morgan fingerprint density at radius 2 is 1.71 bits per heavy atom. The van der Waals surface area contributed by atoms with Crippen molar-refractivity contribution in [3.63, 3.8) is 0 Å². The van der Waals surface area contributed by atoms with Gasteiger partial charge in [0, 0.05) is 11.6 Å². The Balaban J connectivity index is 1.83. The molecular weight excluding hydrogens is 369 g/mol. The Labute approximate surface area is 155 Å². The zero-order valence-electron chi connectivity index (χ0n) is 12.7. The smallest absolute Gasteiger partial charge is 0.276 e. The van der Waals surface area contributed by atoms with Gasteiger partial charge >= 0.3 is 11.8 Å². The van der Waals surface area contributed by atoms with Gasteiger partial charge in [0.25, 0.3) is 0 Å². The number of hydrazone groups is 1. The van der Waals surface area contributed by atoms with E-state index in [4.69, 9.17) is 35.4 Å². The highest BCUT2D eigenvalue weighted by molar-refractivity contribution is 7.80. The molecule has 2 fully saturated rings. The van der Waals surface area contributed by atoms with Crippen molar-refractivity contribution in [2.75, 3.05) is 0 Å². The zero-order chi connectivity index (χ0) is 17.3. The van der Waals surface area contributed by atoms with E-state index in [1.54, 1.807) is 18.2 Å². The first-order chi connectivity index (χ1) is 11.5. The van der Waals surface area contributed by atoms with Gasteiger partial charge in [-0.25, -0.2) is 0 Å². The number of carbonyl (C=O) groups excluding carboxylic acids is 2. The lowest BCUT2D eigenvalue weighted by Gasteiger charge is -2.29. The van der Waals surface area contributed by atoms with Crippen LogP contribution in [0.2, 0.25) is 10.0 Å². The van der Waals surface area contributed by atoms with Crippen LogP contribution in [-0.2, 0) is 9.59 Å². The van der Waals surface area contributed by atoms with E-state index in [2.05, 4.69) is 5.10 Å². The Kier molecular flexibility index (Phi) is 5.18. The molecule has 1 aromatic carbocycles. The van der Waals surface area contributed by atoms with Gasteiger partial charge in [-0.2, -0.15) is 10.1 Å². The lowest BCUT2D eigenvalue weighted by atomic mass is 9.94. The minimum Gasteiger partial charge on any atom is -0.276 e. The van der Waals surface area contributed by atoms with Crippen molar-refractivity contribution < 1.29 is 9.59 Å². The first-order valence-electron chi connectivity index (χ1n) is 7.70. The Hall–Kier alpha value is -1.50. The van der Waals surface area contributed by atoms with Crippen LogP contribution in [0, 0.1) is 0 Å². The molecule has 2 aliphatic rings. The van der Waals surface area contributed by atoms with E-state index in [1.165, 1.54) is 11.1 Å². The third-order valence-corrected chi connectivity index (χ3v) is 5.25. The third kappa shape index (κ3) is 3.18. The molecule has 126 valence electrons. The quantitative estimate of drug-likeness (QED) is 0.455. The summed E-state index contributed by atoms with van der Waals surface area (Å²) in [6.45, 7) is 0. The van der Waals surface area contributed by atoms with Crippen LogP contribution < -0.4 is 0 Å². The summed E-state index contributed by atoms with van der Waals surface area (Å²) < 4.78 is 0. The van der Waals surface area contributed by atoms with Gasteiger partial charge in [-0.1, -0.05) is 48.5 Å². The maximum absolute atomic E-state index is 12.3. The first-order valence-corrected chi connectivity index (χ1v) is 8.86. The Morgan fingerprint density at radius 3 is 2.33 bits per heavy atom. The van der Waals surface area contributed by atoms with Gasteiger partial charge in [-0.05, 0) is 37.2 Å². The average Bonchev–Trinajstić information content (AvgIpc) is 2.78. The van der Waals surface area contributed by atoms with E-state index in [-0.39, 0.29) is 11.2 Å². The lowest BCUT2D eigenvalue weighted by Crippen LogP contribution is -2.41. The number of amides is 2. The maximum atomic E-state index is 12.3. The predicted molar refractivity (Wildman–Crippen MR) is 97.2 cm³/mol. The molecule has 0 aromatic heterocycles. The molecule has 1 saturated heterocycles. The molecule has 5 nitrogen and oxygen atoms in total. The second-order valence-corrected chi connectivity index (χ2v) is 6.93. The second kappa shape index (κ2) is 7.17. The van der Waals surface area contributed by atoms with Crippen LogP contribution in [0.5, 0.6) is 0 Å². The molecule has 1 aliphatic heterocycles. The van der Waals surface area contributed by atoms with Crippen LogP contribution in [0.15, 0.2) is 23.3 Å². The van der Waals surface area contributed by atoms with Crippen LogP contribution >= 0.6 is 35.4 Å². The summed E-state index contributed by atoms with van der Waals surface area (Å²) in [4.78, 5) is 25.9. The van der Waals surface area contributed by atoms with Crippen LogP contribution in [0.1, 0.15) is 37.7 Å². The van der Waals surface area contributed by atoms with Gasteiger partial charge in [0.15, 0.2) is 0 Å². The number of hydrogen-bond donors (Lipinski definition) is 0. The van der Waals surface area contributed by atoms with Gasteiger partial charge in [-0.15, -0.1) is 0 Å². The summed E-state index contributed by atoms with van der Waals surface area (Å²) in [5.74, 6) is -1.36. The van der Waals surface area contributed by atoms with E-state index in [1.807, 2.05) is 0 Å². The lowest BCUT2D eigenvalue weighted by molar-refractivity contribution is -0.144. The van der Waals surface area contributed by atoms with Gasteiger partial charge in [0.1, 0.15) is 0 Å². The number of thiocarbonyl (C=S) groups is 1. The van der Waals surface area contributed by atoms with E-state index in [0.29, 0.717) is 15.6 Å². The average molecular weight is 384 g/mol. The molecule has 0 radical (unpaired) electrons. The van der Waals surface area contributed by atoms with Crippen LogP contribution in [0.3, 0.4) is 0 Å². The van der Waals surface area contributed by atoms with Crippen LogP contribution in [0.25, 0.3) is 0 Å². The molecule has 2 amide bonds. The Bertz CT molecular complexity index is 712. The first kappa shape index (κ1) is 17.3. The molecule has 1 saturated carbocycles. The minimum atomic E-state index is -0.745. The molecule has 3 rings (SSSR count). The summed E-state index contributed by atoms with van der Waals surface area (Å²) >= 11 is 17.5. The van der Waals surface area contributed by atoms with Crippen LogP contribution in [-0.4, -0.2) is 39.1 Å². The van der Waals surface area contributed by atoms with Gasteiger partial charge in [0.2, 0.25) is 5.11 Å². The number of hydrogen-bond acceptors (Lipinski definition) is 4. The molecule has 1 heterocycles. The van der Waals surface area contributed by atoms with Gasteiger partial charge in [0.05, 0.1) is 16.3 Å². The minimum absolute atomic E-state index is 0.0215. The molecule has 24 heavy (non-hydrogen) atoms. The molecule has 0 N–H and O–H groups in total. The summed E-state index contributed by atoms with van der Waals surface area (Å²) in [5, 5.41) is 5.93. The van der Waals surface area contributed by atoms with Crippen molar-refractivity contribution in [2.45, 2.75) is 38.1 Å². The zero-order valence-corrected chi connectivity index (χ0v) is 15.1. The van der Waals surface area contributed by atoms with E-state index >= 15 is 0 Å². The van der Waals surface area contributed by atoms with Crippen molar-refractivity contribution in [1.82, 2.24) is 9.91 Å². The second-order valence-electron chi connectivity index (χ2n) is 5.75. The molecule has 0 bridgehead atoms. The van der Waals surface area contributed by atoms with Gasteiger partial charge in [-0.3, -0.25) is 14.5 Å². The normalized spacial score (nSPS) is 19.8. The van der Waals surface area contributed by atoms with E-state index in [9.17, 15) is 9.59 Å². The molecule has 0 spiro atoms. The molecule has 1 aliphatic carbocycles. The highest BCUT2D eigenvalue weighted by Crippen LogP contribution is 2.28. The standard InChI is InChI=1S/C16H15Cl2N3O2S/c17-12-7-4-8-13(18)11(12)9-19-21-15(23)14(22)20(16(21)24)10-5-2-1-3-6-10/h4,7-10H,1-3,5-6H2/b19-9+. The van der Waals surface area contributed by atoms with Crippen molar-refractivity contribution in [2.24, 2.45) is 5.10 Å². The van der Waals surface area contributed by atoms with Gasteiger partial charge < -0.3 is 0 Å². The third-order valence-electron chi connectivity index (χ3n) is 4.22. The summed E-state index contributed by atoms with van der Waals surface area (Å²) in [6.07, 6.45) is 6.27. The maximum Gasteiger partial charge on any atom is 0.339 e. The largest absolute Gasteiger partial charge is 0.339 e. The molecule has 0 unspecified atom stereocenters. The van der Waals surface area contributed by atoms with Crippen molar-refractivity contribution in [3.8, 4) is 0 Å². The fourth-order valence-corrected chi connectivity index (χ4v) is 3.84. The van der Waals surface area contributed by atoms with Crippen molar-refractivity contribution >= 4 is 58.6 Å². The molecule has 1 aromatic rings. The Morgan fingerprint density at radius 1 is 1.08 bits per heavy atom.